The lowest BCUT2D eigenvalue weighted by Crippen LogP contribution is -2.32. The lowest BCUT2D eigenvalue weighted by atomic mass is 10.1. The van der Waals surface area contributed by atoms with Crippen molar-refractivity contribution in [2.45, 2.75) is 20.8 Å². The van der Waals surface area contributed by atoms with E-state index >= 15 is 0 Å². The van der Waals surface area contributed by atoms with Crippen LogP contribution in [0.3, 0.4) is 0 Å². The molecule has 1 aliphatic heterocycles. The van der Waals surface area contributed by atoms with E-state index in [1.807, 2.05) is 73.0 Å². The van der Waals surface area contributed by atoms with Gasteiger partial charge in [-0.15, -0.1) is 11.3 Å². The van der Waals surface area contributed by atoms with Crippen LogP contribution in [0.2, 0.25) is 0 Å². The van der Waals surface area contributed by atoms with Crippen LogP contribution >= 0.6 is 11.3 Å². The van der Waals surface area contributed by atoms with E-state index in [0.717, 1.165) is 23.7 Å². The predicted molar refractivity (Wildman–Crippen MR) is 135 cm³/mol. The summed E-state index contributed by atoms with van der Waals surface area (Å²) in [5.41, 5.74) is 2.86. The molecule has 33 heavy (non-hydrogen) atoms. The summed E-state index contributed by atoms with van der Waals surface area (Å²) in [6.07, 6.45) is 0. The number of nitrogens with zero attached hydrogens (tertiary/aromatic N) is 2. The van der Waals surface area contributed by atoms with Gasteiger partial charge in [0.2, 0.25) is 0 Å². The molecule has 2 heterocycles. The summed E-state index contributed by atoms with van der Waals surface area (Å²) in [4.78, 5) is 31.3. The lowest BCUT2D eigenvalue weighted by Gasteiger charge is -2.22. The maximum Gasteiger partial charge on any atom is 0.282 e. The first kappa shape index (κ1) is 22.6. The Hall–Kier alpha value is -3.58. The Morgan fingerprint density at radius 3 is 2.27 bits per heavy atom. The van der Waals surface area contributed by atoms with Crippen molar-refractivity contribution in [3.63, 3.8) is 0 Å². The quantitative estimate of drug-likeness (QED) is 0.433. The van der Waals surface area contributed by atoms with Crippen LogP contribution in [0, 0.1) is 0 Å². The van der Waals surface area contributed by atoms with Crippen molar-refractivity contribution in [3.8, 4) is 5.75 Å². The Morgan fingerprint density at radius 1 is 0.909 bits per heavy atom. The second-order valence-corrected chi connectivity index (χ2v) is 8.36. The molecule has 6 nitrogen and oxygen atoms in total. The van der Waals surface area contributed by atoms with Crippen molar-refractivity contribution < 1.29 is 14.3 Å². The van der Waals surface area contributed by atoms with Crippen LogP contribution in [0.4, 0.5) is 17.1 Å². The number of carbonyl (C=O) groups excluding carboxylic acids is 2. The molecule has 0 atom stereocenters. The third-order valence-electron chi connectivity index (χ3n) is 5.53. The number of anilines is 3. The average Bonchev–Trinajstić information content (AvgIpc) is 3.43. The van der Waals surface area contributed by atoms with E-state index in [9.17, 15) is 9.59 Å². The van der Waals surface area contributed by atoms with Crippen molar-refractivity contribution in [2.75, 3.05) is 34.8 Å². The number of carbonyl (C=O) groups is 2. The van der Waals surface area contributed by atoms with E-state index in [-0.39, 0.29) is 17.5 Å². The number of ether oxygens (including phenoxy) is 1. The van der Waals surface area contributed by atoms with Gasteiger partial charge < -0.3 is 15.0 Å². The monoisotopic (exact) mass is 461 g/mol. The third kappa shape index (κ3) is 4.36. The van der Waals surface area contributed by atoms with Gasteiger partial charge >= 0.3 is 0 Å². The van der Waals surface area contributed by atoms with E-state index in [1.54, 1.807) is 0 Å². The highest BCUT2D eigenvalue weighted by Crippen LogP contribution is 2.37. The second-order valence-electron chi connectivity index (χ2n) is 7.42. The van der Waals surface area contributed by atoms with E-state index in [1.165, 1.54) is 16.2 Å². The summed E-state index contributed by atoms with van der Waals surface area (Å²) in [5, 5.41) is 5.10. The highest BCUT2D eigenvalue weighted by Gasteiger charge is 2.41. The van der Waals surface area contributed by atoms with Crippen LogP contribution in [0.1, 0.15) is 25.6 Å². The second kappa shape index (κ2) is 9.92. The molecular formula is C26H27N3O3S. The Morgan fingerprint density at radius 2 is 1.64 bits per heavy atom. The van der Waals surface area contributed by atoms with Crippen LogP contribution in [-0.2, 0) is 9.59 Å². The lowest BCUT2D eigenvalue weighted by molar-refractivity contribution is -0.120. The van der Waals surface area contributed by atoms with E-state index < -0.39 is 0 Å². The summed E-state index contributed by atoms with van der Waals surface area (Å²) in [6, 6.07) is 18.7. The summed E-state index contributed by atoms with van der Waals surface area (Å²) in [7, 11) is 0. The molecule has 0 radical (unpaired) electrons. The van der Waals surface area contributed by atoms with Gasteiger partial charge in [0.15, 0.2) is 0 Å². The zero-order chi connectivity index (χ0) is 23.4. The maximum atomic E-state index is 13.6. The van der Waals surface area contributed by atoms with Crippen LogP contribution in [0.5, 0.6) is 5.75 Å². The number of thiophene rings is 1. The van der Waals surface area contributed by atoms with Crippen molar-refractivity contribution in [1.82, 2.24) is 0 Å². The number of hydrogen-bond acceptors (Lipinski definition) is 6. The van der Waals surface area contributed by atoms with Gasteiger partial charge in [0.05, 0.1) is 23.6 Å². The number of imide groups is 1. The predicted octanol–water partition coefficient (Wildman–Crippen LogP) is 5.39. The molecule has 1 aliphatic rings. The van der Waals surface area contributed by atoms with Crippen LogP contribution in [0.15, 0.2) is 71.7 Å². The van der Waals surface area contributed by atoms with Gasteiger partial charge in [0.1, 0.15) is 11.4 Å². The molecule has 2 amide bonds. The fraction of sp³-hybridized carbons (Fsp3) is 0.231. The third-order valence-corrected chi connectivity index (χ3v) is 6.42. The zero-order valence-electron chi connectivity index (χ0n) is 19.0. The minimum Gasteiger partial charge on any atom is -0.492 e. The summed E-state index contributed by atoms with van der Waals surface area (Å²) < 4.78 is 5.71. The number of nitrogens with one attached hydrogen (secondary N) is 1. The zero-order valence-corrected chi connectivity index (χ0v) is 19.8. The molecule has 0 saturated carbocycles. The van der Waals surface area contributed by atoms with Gasteiger partial charge in [0, 0.05) is 23.7 Å². The normalized spacial score (nSPS) is 13.6. The fourth-order valence-corrected chi connectivity index (χ4v) is 4.68. The molecule has 7 heteroatoms. The minimum atomic E-state index is -0.384. The molecule has 0 bridgehead atoms. The van der Waals surface area contributed by atoms with Gasteiger partial charge in [-0.25, -0.2) is 4.90 Å². The summed E-state index contributed by atoms with van der Waals surface area (Å²) >= 11 is 1.43. The Labute approximate surface area is 198 Å². The van der Waals surface area contributed by atoms with Crippen LogP contribution in [0.25, 0.3) is 5.57 Å². The first-order valence-electron chi connectivity index (χ1n) is 11.1. The molecule has 1 N–H and O–H groups in total. The van der Waals surface area contributed by atoms with Crippen LogP contribution < -0.4 is 19.9 Å². The van der Waals surface area contributed by atoms with Gasteiger partial charge in [-0.2, -0.15) is 0 Å². The maximum absolute atomic E-state index is 13.6. The van der Waals surface area contributed by atoms with Crippen LogP contribution in [-0.4, -0.2) is 31.5 Å². The largest absolute Gasteiger partial charge is 0.492 e. The van der Waals surface area contributed by atoms with Crippen molar-refractivity contribution in [2.24, 2.45) is 0 Å². The molecule has 2 aromatic carbocycles. The van der Waals surface area contributed by atoms with Gasteiger partial charge in [-0.1, -0.05) is 18.2 Å². The standard InChI is InChI=1S/C26H27N3O3S/c1-4-28(5-2)18-13-15-19(16-14-18)29-25(30)23(22-12-9-17-33-22)24(26(29)31)27-20-10-7-8-11-21(20)32-6-3/h7-17,27H,4-6H2,1-3H3. The minimum absolute atomic E-state index is 0.252. The number of para-hydroxylation sites is 2. The molecule has 3 aromatic rings. The summed E-state index contributed by atoms with van der Waals surface area (Å²) in [6.45, 7) is 8.36. The Bertz CT molecular complexity index is 1170. The molecule has 0 aliphatic carbocycles. The number of amides is 2. The fourth-order valence-electron chi connectivity index (χ4n) is 3.92. The highest BCUT2D eigenvalue weighted by atomic mass is 32.1. The SMILES string of the molecule is CCOc1ccccc1NC1=C(c2cccs2)C(=O)N(c2ccc(N(CC)CC)cc2)C1=O. The molecular weight excluding hydrogens is 434 g/mol. The van der Waals surface area contributed by atoms with Crippen molar-refractivity contribution in [1.29, 1.82) is 0 Å². The number of benzene rings is 2. The van der Waals surface area contributed by atoms with Crippen molar-refractivity contribution in [3.05, 3.63) is 76.6 Å². The van der Waals surface area contributed by atoms with Gasteiger partial charge in [0.25, 0.3) is 11.8 Å². The Kier molecular flexibility index (Phi) is 6.79. The molecule has 0 saturated heterocycles. The van der Waals surface area contributed by atoms with E-state index in [0.29, 0.717) is 29.3 Å². The molecule has 170 valence electrons. The molecule has 0 spiro atoms. The summed E-state index contributed by atoms with van der Waals surface area (Å²) in [5.74, 6) is -0.0972. The van der Waals surface area contributed by atoms with Gasteiger partial charge in [-0.3, -0.25) is 9.59 Å². The Balaban J connectivity index is 1.72. The van der Waals surface area contributed by atoms with Gasteiger partial charge in [-0.05, 0) is 68.6 Å². The first-order chi connectivity index (χ1) is 16.1. The smallest absolute Gasteiger partial charge is 0.282 e. The highest BCUT2D eigenvalue weighted by molar-refractivity contribution is 7.11. The molecule has 4 rings (SSSR count). The first-order valence-corrected chi connectivity index (χ1v) is 12.0. The average molecular weight is 462 g/mol. The number of rotatable bonds is 9. The molecule has 1 aromatic heterocycles. The van der Waals surface area contributed by atoms with Crippen molar-refractivity contribution >= 4 is 45.8 Å². The molecule has 0 fully saturated rings. The number of hydrogen-bond donors (Lipinski definition) is 1. The molecule has 0 unspecified atom stereocenters. The van der Waals surface area contributed by atoms with E-state index in [4.69, 9.17) is 4.74 Å². The van der Waals surface area contributed by atoms with E-state index in [2.05, 4.69) is 24.1 Å². The topological polar surface area (TPSA) is 61.9 Å².